The third-order valence-electron chi connectivity index (χ3n) is 1.16. The number of methoxy groups -OCH3 is 2. The summed E-state index contributed by atoms with van der Waals surface area (Å²) in [5, 5.41) is 0. The van der Waals surface area contributed by atoms with Gasteiger partial charge in [0.1, 0.15) is 0 Å². The highest BCUT2D eigenvalue weighted by Crippen LogP contribution is 2.29. The first-order valence-corrected chi connectivity index (χ1v) is 6.16. The molecule has 0 heterocycles. The molecular formula is C11H16Cl4O2. The fraction of sp³-hybridized carbons (Fsp3) is 0.455. The fourth-order valence-corrected chi connectivity index (χ4v) is 0.552. The molecule has 0 aliphatic heterocycles. The summed E-state index contributed by atoms with van der Waals surface area (Å²) in [6.45, 7) is 1.38. The molecule has 0 spiro atoms. The number of alkyl halides is 4. The Balaban J connectivity index is 0. The van der Waals surface area contributed by atoms with Crippen LogP contribution in [-0.4, -0.2) is 30.7 Å². The van der Waals surface area contributed by atoms with E-state index in [0.29, 0.717) is 13.2 Å². The summed E-state index contributed by atoms with van der Waals surface area (Å²) in [4.78, 5) is 0. The van der Waals surface area contributed by atoms with E-state index in [2.05, 4.69) is 9.47 Å². The van der Waals surface area contributed by atoms with Crippen molar-refractivity contribution in [2.24, 2.45) is 0 Å². The van der Waals surface area contributed by atoms with Gasteiger partial charge in [-0.2, -0.15) is 0 Å². The molecule has 100 valence electrons. The molecule has 0 fully saturated rings. The summed E-state index contributed by atoms with van der Waals surface area (Å²) < 4.78 is 7.70. The standard InChI is InChI=1S/C6H6.C4H10O2.CCl4/c1-2-4-6-5-3-1;1-5-3-4-6-2;2-1(3,4)5/h1-6H;3-4H2,1-2H3;. The summed E-state index contributed by atoms with van der Waals surface area (Å²) in [7, 11) is 3.30. The Hall–Kier alpha value is 0.300. The van der Waals surface area contributed by atoms with E-state index < -0.39 is 3.25 Å². The molecule has 0 unspecified atom stereocenters. The van der Waals surface area contributed by atoms with Crippen molar-refractivity contribution < 1.29 is 9.47 Å². The van der Waals surface area contributed by atoms with E-state index in [1.165, 1.54) is 0 Å². The van der Waals surface area contributed by atoms with Crippen LogP contribution in [0.25, 0.3) is 0 Å². The maximum Gasteiger partial charge on any atom is 0.266 e. The molecular weight excluding hydrogens is 306 g/mol. The van der Waals surface area contributed by atoms with Crippen LogP contribution in [0.1, 0.15) is 0 Å². The lowest BCUT2D eigenvalue weighted by atomic mass is 10.4. The maximum absolute atomic E-state index is 4.83. The molecule has 0 aromatic heterocycles. The van der Waals surface area contributed by atoms with E-state index in [0.717, 1.165) is 0 Å². The Labute approximate surface area is 123 Å². The van der Waals surface area contributed by atoms with Gasteiger partial charge in [0.05, 0.1) is 13.2 Å². The normalized spacial score (nSPS) is 9.53. The summed E-state index contributed by atoms with van der Waals surface area (Å²) >= 11 is 19.3. The Kier molecular flexibility index (Phi) is 16.6. The van der Waals surface area contributed by atoms with Crippen molar-refractivity contribution in [3.05, 3.63) is 36.4 Å². The van der Waals surface area contributed by atoms with Crippen molar-refractivity contribution >= 4 is 46.4 Å². The van der Waals surface area contributed by atoms with Gasteiger partial charge in [0, 0.05) is 14.2 Å². The minimum absolute atomic E-state index is 0.691. The Morgan fingerprint density at radius 1 is 0.706 bits per heavy atom. The van der Waals surface area contributed by atoms with E-state index in [1.807, 2.05) is 36.4 Å². The van der Waals surface area contributed by atoms with Crippen LogP contribution >= 0.6 is 46.4 Å². The summed E-state index contributed by atoms with van der Waals surface area (Å²) in [6, 6.07) is 12.0. The highest BCUT2D eigenvalue weighted by Gasteiger charge is 2.11. The molecule has 17 heavy (non-hydrogen) atoms. The van der Waals surface area contributed by atoms with Crippen molar-refractivity contribution in [2.45, 2.75) is 3.25 Å². The molecule has 2 nitrogen and oxygen atoms in total. The van der Waals surface area contributed by atoms with Gasteiger partial charge >= 0.3 is 0 Å². The van der Waals surface area contributed by atoms with Crippen molar-refractivity contribution in [2.75, 3.05) is 27.4 Å². The smallest absolute Gasteiger partial charge is 0.266 e. The highest BCUT2D eigenvalue weighted by atomic mass is 35.6. The zero-order valence-corrected chi connectivity index (χ0v) is 12.7. The van der Waals surface area contributed by atoms with Crippen molar-refractivity contribution in [1.82, 2.24) is 0 Å². The SMILES string of the molecule is COCCOC.ClC(Cl)(Cl)Cl.c1ccccc1. The van der Waals surface area contributed by atoms with Gasteiger partial charge in [-0.15, -0.1) is 0 Å². The molecule has 0 radical (unpaired) electrons. The molecule has 0 saturated carbocycles. The predicted octanol–water partition coefficient (Wildman–Crippen LogP) is 4.52. The molecule has 1 aromatic carbocycles. The lowest BCUT2D eigenvalue weighted by Crippen LogP contribution is -1.96. The van der Waals surface area contributed by atoms with Gasteiger partial charge in [-0.1, -0.05) is 82.8 Å². The largest absolute Gasteiger partial charge is 0.382 e. The summed E-state index contributed by atoms with van der Waals surface area (Å²) in [5.74, 6) is 0. The third-order valence-corrected chi connectivity index (χ3v) is 1.16. The van der Waals surface area contributed by atoms with Gasteiger partial charge in [-0.3, -0.25) is 0 Å². The van der Waals surface area contributed by atoms with Crippen molar-refractivity contribution in [1.29, 1.82) is 0 Å². The van der Waals surface area contributed by atoms with Crippen LogP contribution in [0.3, 0.4) is 0 Å². The first-order chi connectivity index (χ1) is 7.91. The minimum Gasteiger partial charge on any atom is -0.382 e. The summed E-state index contributed by atoms with van der Waals surface area (Å²) in [5.41, 5.74) is 0. The fourth-order valence-electron chi connectivity index (χ4n) is 0.552. The lowest BCUT2D eigenvalue weighted by Gasteiger charge is -1.91. The zero-order chi connectivity index (χ0) is 13.6. The monoisotopic (exact) mass is 320 g/mol. The van der Waals surface area contributed by atoms with Gasteiger partial charge < -0.3 is 9.47 Å². The molecule has 1 aromatic rings. The average Bonchev–Trinajstić information content (AvgIpc) is 2.27. The van der Waals surface area contributed by atoms with E-state index in [4.69, 9.17) is 46.4 Å². The Morgan fingerprint density at radius 3 is 1.00 bits per heavy atom. The highest BCUT2D eigenvalue weighted by molar-refractivity contribution is 6.83. The number of halogens is 4. The average molecular weight is 322 g/mol. The Morgan fingerprint density at radius 2 is 0.882 bits per heavy atom. The van der Waals surface area contributed by atoms with E-state index in [-0.39, 0.29) is 0 Å². The van der Waals surface area contributed by atoms with Crippen LogP contribution < -0.4 is 0 Å². The van der Waals surface area contributed by atoms with E-state index in [1.54, 1.807) is 14.2 Å². The number of rotatable bonds is 3. The lowest BCUT2D eigenvalue weighted by molar-refractivity contribution is 0.103. The second kappa shape index (κ2) is 14.4. The summed E-state index contributed by atoms with van der Waals surface area (Å²) in [6.07, 6.45) is 0. The number of ether oxygens (including phenoxy) is 2. The van der Waals surface area contributed by atoms with Gasteiger partial charge in [0.15, 0.2) is 0 Å². The first-order valence-electron chi connectivity index (χ1n) is 4.65. The molecule has 1 rings (SSSR count). The first kappa shape index (κ1) is 19.6. The number of hydrogen-bond acceptors (Lipinski definition) is 2. The minimum atomic E-state index is -1.61. The van der Waals surface area contributed by atoms with Gasteiger partial charge in [0.2, 0.25) is 0 Å². The Bertz CT molecular complexity index is 190. The van der Waals surface area contributed by atoms with Crippen LogP contribution in [0.5, 0.6) is 0 Å². The topological polar surface area (TPSA) is 18.5 Å². The molecule has 0 atom stereocenters. The molecule has 0 bridgehead atoms. The second-order valence-electron chi connectivity index (χ2n) is 2.57. The van der Waals surface area contributed by atoms with Crippen molar-refractivity contribution in [3.63, 3.8) is 0 Å². The van der Waals surface area contributed by atoms with Crippen LogP contribution in [-0.2, 0) is 9.47 Å². The molecule has 0 aliphatic carbocycles. The quantitative estimate of drug-likeness (QED) is 0.602. The second-order valence-corrected chi connectivity index (χ2v) is 6.00. The zero-order valence-electron chi connectivity index (χ0n) is 9.71. The third kappa shape index (κ3) is 38.5. The predicted molar refractivity (Wildman–Crippen MR) is 76.3 cm³/mol. The molecule has 0 saturated heterocycles. The van der Waals surface area contributed by atoms with E-state index >= 15 is 0 Å². The van der Waals surface area contributed by atoms with Crippen LogP contribution in [0.15, 0.2) is 36.4 Å². The van der Waals surface area contributed by atoms with Gasteiger partial charge in [-0.25, -0.2) is 0 Å². The van der Waals surface area contributed by atoms with Gasteiger partial charge in [0.25, 0.3) is 3.25 Å². The van der Waals surface area contributed by atoms with Crippen molar-refractivity contribution in [3.8, 4) is 0 Å². The molecule has 0 aliphatic rings. The maximum atomic E-state index is 4.83. The molecule has 6 heteroatoms. The van der Waals surface area contributed by atoms with Crippen LogP contribution in [0, 0.1) is 0 Å². The van der Waals surface area contributed by atoms with Gasteiger partial charge in [-0.05, 0) is 0 Å². The molecule has 0 N–H and O–H groups in total. The van der Waals surface area contributed by atoms with E-state index in [9.17, 15) is 0 Å². The number of hydrogen-bond donors (Lipinski definition) is 0. The molecule has 0 amide bonds. The number of benzene rings is 1. The van der Waals surface area contributed by atoms with Crippen LogP contribution in [0.2, 0.25) is 0 Å². The van der Waals surface area contributed by atoms with Crippen LogP contribution in [0.4, 0.5) is 0 Å².